The third kappa shape index (κ3) is 6.64. The SMILES string of the molecule is CCOC(=O)C1=C(C)N=c2sc(=Cc3cc(Cl)cc(Cl)c3OCCOc3cccc(OC)c3)c(=O)n2C1c1ccccc1. The molecule has 0 bridgehead atoms. The second-order valence-corrected chi connectivity index (χ2v) is 11.2. The molecule has 0 spiro atoms. The summed E-state index contributed by atoms with van der Waals surface area (Å²) in [6.45, 7) is 4.10. The van der Waals surface area contributed by atoms with Gasteiger partial charge in [-0.3, -0.25) is 9.36 Å². The first kappa shape index (κ1) is 30.4. The molecule has 8 nitrogen and oxygen atoms in total. The Hall–Kier alpha value is -4.05. The Bertz CT molecular complexity index is 1870. The monoisotopic (exact) mass is 638 g/mol. The van der Waals surface area contributed by atoms with Crippen LogP contribution in [0.3, 0.4) is 0 Å². The van der Waals surface area contributed by atoms with Gasteiger partial charge in [0.05, 0.1) is 40.6 Å². The van der Waals surface area contributed by atoms with Crippen LogP contribution in [0, 0.1) is 0 Å². The van der Waals surface area contributed by atoms with Gasteiger partial charge in [0.25, 0.3) is 5.56 Å². The predicted molar refractivity (Wildman–Crippen MR) is 167 cm³/mol. The molecule has 1 aliphatic heterocycles. The fraction of sp³-hybridized carbons (Fsp3) is 0.219. The van der Waals surface area contributed by atoms with E-state index in [-0.39, 0.29) is 30.4 Å². The molecule has 0 amide bonds. The van der Waals surface area contributed by atoms with Crippen LogP contribution in [-0.2, 0) is 9.53 Å². The Morgan fingerprint density at radius 2 is 1.77 bits per heavy atom. The van der Waals surface area contributed by atoms with E-state index in [9.17, 15) is 9.59 Å². The highest BCUT2D eigenvalue weighted by molar-refractivity contribution is 7.07. The number of halogens is 2. The number of thiazole rings is 1. The van der Waals surface area contributed by atoms with E-state index in [1.165, 1.54) is 15.9 Å². The Morgan fingerprint density at radius 3 is 2.51 bits per heavy atom. The molecule has 0 radical (unpaired) electrons. The zero-order valence-corrected chi connectivity index (χ0v) is 26.0. The van der Waals surface area contributed by atoms with Gasteiger partial charge in [0.2, 0.25) is 0 Å². The van der Waals surface area contributed by atoms with Gasteiger partial charge in [-0.05, 0) is 49.8 Å². The van der Waals surface area contributed by atoms with Crippen LogP contribution in [0.2, 0.25) is 10.0 Å². The molecule has 0 fully saturated rings. The van der Waals surface area contributed by atoms with Gasteiger partial charge in [-0.25, -0.2) is 9.79 Å². The summed E-state index contributed by atoms with van der Waals surface area (Å²) in [7, 11) is 1.59. The Balaban J connectivity index is 1.51. The lowest BCUT2D eigenvalue weighted by atomic mass is 9.96. The number of rotatable bonds is 10. The smallest absolute Gasteiger partial charge is 0.338 e. The quantitative estimate of drug-likeness (QED) is 0.167. The standard InChI is InChI=1S/C32H28Cl2N2O6S/c1-4-40-31(38)27-19(2)35-32-36(28(27)20-9-6-5-7-10-20)30(37)26(43-32)16-21-15-22(33)17-25(34)29(21)42-14-13-41-24-12-8-11-23(18-24)39-3/h5-12,15-18,28H,4,13-14H2,1-3H3. The summed E-state index contributed by atoms with van der Waals surface area (Å²) in [6.07, 6.45) is 1.67. The fourth-order valence-corrected chi connectivity index (χ4v) is 6.32. The average Bonchev–Trinajstić information content (AvgIpc) is 3.29. The largest absolute Gasteiger partial charge is 0.497 e. The van der Waals surface area contributed by atoms with Crippen LogP contribution in [0.5, 0.6) is 17.2 Å². The van der Waals surface area contributed by atoms with Gasteiger partial charge < -0.3 is 18.9 Å². The fourth-order valence-electron chi connectivity index (χ4n) is 4.72. The normalized spacial score (nSPS) is 14.6. The summed E-state index contributed by atoms with van der Waals surface area (Å²) in [5, 5.41) is 0.669. The van der Waals surface area contributed by atoms with Gasteiger partial charge in [-0.15, -0.1) is 0 Å². The lowest BCUT2D eigenvalue weighted by Crippen LogP contribution is -2.39. The first-order valence-electron chi connectivity index (χ1n) is 13.4. The van der Waals surface area contributed by atoms with Crippen LogP contribution in [0.4, 0.5) is 0 Å². The lowest BCUT2D eigenvalue weighted by Gasteiger charge is -2.24. The van der Waals surface area contributed by atoms with Crippen LogP contribution in [0.15, 0.2) is 87.8 Å². The molecule has 1 aliphatic rings. The first-order chi connectivity index (χ1) is 20.8. The number of hydrogen-bond acceptors (Lipinski definition) is 8. The van der Waals surface area contributed by atoms with Crippen LogP contribution in [0.25, 0.3) is 6.08 Å². The lowest BCUT2D eigenvalue weighted by molar-refractivity contribution is -0.139. The van der Waals surface area contributed by atoms with Crippen molar-refractivity contribution in [1.29, 1.82) is 0 Å². The van der Waals surface area contributed by atoms with Crippen molar-refractivity contribution >= 4 is 46.6 Å². The molecular formula is C32H28Cl2N2O6S. The van der Waals surface area contributed by atoms with Gasteiger partial charge in [0.1, 0.15) is 30.5 Å². The van der Waals surface area contributed by atoms with Crippen molar-refractivity contribution in [3.05, 3.63) is 119 Å². The number of benzene rings is 3. The number of esters is 1. The maximum Gasteiger partial charge on any atom is 0.338 e. The molecule has 43 heavy (non-hydrogen) atoms. The van der Waals surface area contributed by atoms with Crippen LogP contribution < -0.4 is 29.1 Å². The maximum atomic E-state index is 14.0. The summed E-state index contributed by atoms with van der Waals surface area (Å²) in [5.74, 6) is 1.16. The third-order valence-electron chi connectivity index (χ3n) is 6.60. The molecular weight excluding hydrogens is 611 g/mol. The van der Waals surface area contributed by atoms with E-state index < -0.39 is 12.0 Å². The predicted octanol–water partition coefficient (Wildman–Crippen LogP) is 5.57. The van der Waals surface area contributed by atoms with E-state index in [4.69, 9.17) is 42.1 Å². The summed E-state index contributed by atoms with van der Waals surface area (Å²) in [6, 6.07) is 19.1. The number of nitrogens with zero attached hydrogens (tertiary/aromatic N) is 2. The summed E-state index contributed by atoms with van der Waals surface area (Å²) < 4.78 is 24.3. The Morgan fingerprint density at radius 1 is 1.02 bits per heavy atom. The number of allylic oxidation sites excluding steroid dienone is 1. The highest BCUT2D eigenvalue weighted by Gasteiger charge is 2.33. The zero-order valence-electron chi connectivity index (χ0n) is 23.6. The zero-order chi connectivity index (χ0) is 30.5. The van der Waals surface area contributed by atoms with Crippen molar-refractivity contribution in [2.45, 2.75) is 19.9 Å². The number of carbonyl (C=O) groups is 1. The molecule has 1 aromatic heterocycles. The van der Waals surface area contributed by atoms with Crippen molar-refractivity contribution in [3.63, 3.8) is 0 Å². The second kappa shape index (κ2) is 13.5. The molecule has 11 heteroatoms. The van der Waals surface area contributed by atoms with E-state index in [1.54, 1.807) is 45.2 Å². The van der Waals surface area contributed by atoms with Crippen molar-refractivity contribution in [3.8, 4) is 17.2 Å². The summed E-state index contributed by atoms with van der Waals surface area (Å²) in [5.41, 5.74) is 1.76. The maximum absolute atomic E-state index is 14.0. The van der Waals surface area contributed by atoms with E-state index >= 15 is 0 Å². The Kier molecular flexibility index (Phi) is 9.55. The second-order valence-electron chi connectivity index (χ2n) is 9.39. The highest BCUT2D eigenvalue weighted by atomic mass is 35.5. The molecule has 1 atom stereocenters. The van der Waals surface area contributed by atoms with Crippen LogP contribution >= 0.6 is 34.5 Å². The molecule has 222 valence electrons. The van der Waals surface area contributed by atoms with E-state index in [0.717, 1.165) is 5.56 Å². The number of methoxy groups -OCH3 is 1. The van der Waals surface area contributed by atoms with Gasteiger partial charge >= 0.3 is 5.97 Å². The summed E-state index contributed by atoms with van der Waals surface area (Å²) in [4.78, 5) is 32.1. The van der Waals surface area contributed by atoms with Crippen molar-refractivity contribution in [1.82, 2.24) is 4.57 Å². The molecule has 0 saturated heterocycles. The molecule has 0 saturated carbocycles. The van der Waals surface area contributed by atoms with E-state index in [0.29, 0.717) is 48.4 Å². The number of aromatic nitrogens is 1. The first-order valence-corrected chi connectivity index (χ1v) is 15.0. The van der Waals surface area contributed by atoms with E-state index in [2.05, 4.69) is 4.99 Å². The number of carbonyl (C=O) groups excluding carboxylic acids is 1. The number of fused-ring (bicyclic) bond motifs is 1. The molecule has 0 aliphatic carbocycles. The number of ether oxygens (including phenoxy) is 4. The molecule has 5 rings (SSSR count). The number of hydrogen-bond donors (Lipinski definition) is 0. The van der Waals surface area contributed by atoms with Crippen molar-refractivity contribution in [2.24, 2.45) is 4.99 Å². The minimum Gasteiger partial charge on any atom is -0.497 e. The van der Waals surface area contributed by atoms with Crippen molar-refractivity contribution < 1.29 is 23.7 Å². The van der Waals surface area contributed by atoms with Gasteiger partial charge in [0, 0.05) is 16.7 Å². The molecule has 0 N–H and O–H groups in total. The summed E-state index contributed by atoms with van der Waals surface area (Å²) >= 11 is 14.1. The van der Waals surface area contributed by atoms with Crippen LogP contribution in [-0.4, -0.2) is 37.5 Å². The van der Waals surface area contributed by atoms with Gasteiger partial charge in [-0.1, -0.05) is 70.9 Å². The molecule has 3 aromatic carbocycles. The minimum atomic E-state index is -0.703. The molecule has 2 heterocycles. The third-order valence-corrected chi connectivity index (χ3v) is 8.08. The molecule has 1 unspecified atom stereocenters. The topological polar surface area (TPSA) is 88.4 Å². The molecule has 4 aromatic rings. The van der Waals surface area contributed by atoms with Gasteiger partial charge in [-0.2, -0.15) is 0 Å². The van der Waals surface area contributed by atoms with Crippen molar-refractivity contribution in [2.75, 3.05) is 26.9 Å². The van der Waals surface area contributed by atoms with Crippen LogP contribution in [0.1, 0.15) is 31.0 Å². The Labute approximate surface area is 262 Å². The van der Waals surface area contributed by atoms with Gasteiger partial charge in [0.15, 0.2) is 4.80 Å². The minimum absolute atomic E-state index is 0.177. The highest BCUT2D eigenvalue weighted by Crippen LogP contribution is 2.34. The average molecular weight is 640 g/mol. The van der Waals surface area contributed by atoms with E-state index in [1.807, 2.05) is 48.5 Å².